The van der Waals surface area contributed by atoms with Crippen molar-refractivity contribution in [2.75, 3.05) is 6.61 Å². The molecule has 2 N–H and O–H groups in total. The number of rotatable bonds is 9. The van der Waals surface area contributed by atoms with E-state index in [1.165, 1.54) is 11.1 Å². The first-order chi connectivity index (χ1) is 9.65. The van der Waals surface area contributed by atoms with E-state index in [1.807, 2.05) is 6.92 Å². The molecule has 112 valence electrons. The van der Waals surface area contributed by atoms with Crippen molar-refractivity contribution in [3.05, 3.63) is 35.4 Å². The summed E-state index contributed by atoms with van der Waals surface area (Å²) in [6.07, 6.45) is 5.07. The maximum atomic E-state index is 11.8. The molecule has 0 bridgehead atoms. The molecule has 0 saturated carbocycles. The van der Waals surface area contributed by atoms with Gasteiger partial charge in [-0.3, -0.25) is 4.79 Å². The highest BCUT2D eigenvalue weighted by atomic mass is 16.3. The van der Waals surface area contributed by atoms with E-state index < -0.39 is 0 Å². The van der Waals surface area contributed by atoms with E-state index in [9.17, 15) is 4.79 Å². The highest BCUT2D eigenvalue weighted by molar-refractivity contribution is 5.76. The van der Waals surface area contributed by atoms with Crippen molar-refractivity contribution in [3.63, 3.8) is 0 Å². The van der Waals surface area contributed by atoms with Gasteiger partial charge in [-0.1, -0.05) is 36.8 Å². The van der Waals surface area contributed by atoms with E-state index in [-0.39, 0.29) is 18.6 Å². The number of hydrogen-bond acceptors (Lipinski definition) is 2. The lowest BCUT2D eigenvalue weighted by Gasteiger charge is -2.15. The lowest BCUT2D eigenvalue weighted by atomic mass is 10.1. The maximum absolute atomic E-state index is 11.8. The molecule has 20 heavy (non-hydrogen) atoms. The molecule has 0 heterocycles. The number of benzene rings is 1. The zero-order chi connectivity index (χ0) is 14.8. The van der Waals surface area contributed by atoms with Crippen molar-refractivity contribution in [3.8, 4) is 0 Å². The SMILES string of the molecule is CC[C@@H](CCO)NC(=O)CCCCc1ccc(C)cc1. The fraction of sp³-hybridized carbons (Fsp3) is 0.588. The molecule has 3 nitrogen and oxygen atoms in total. The molecule has 0 saturated heterocycles. The molecule has 0 aromatic heterocycles. The third kappa shape index (κ3) is 6.71. The van der Waals surface area contributed by atoms with Gasteiger partial charge in [-0.25, -0.2) is 0 Å². The third-order valence-corrected chi connectivity index (χ3v) is 3.58. The molecule has 1 atom stereocenters. The molecule has 1 rings (SSSR count). The summed E-state index contributed by atoms with van der Waals surface area (Å²) in [5.74, 6) is 0.106. The van der Waals surface area contributed by atoms with E-state index in [4.69, 9.17) is 5.11 Å². The Hall–Kier alpha value is -1.35. The van der Waals surface area contributed by atoms with Crippen LogP contribution in [-0.2, 0) is 11.2 Å². The van der Waals surface area contributed by atoms with Gasteiger partial charge in [0.2, 0.25) is 5.91 Å². The molecule has 1 amide bonds. The number of amides is 1. The monoisotopic (exact) mass is 277 g/mol. The topological polar surface area (TPSA) is 49.3 Å². The Balaban J connectivity index is 2.17. The lowest BCUT2D eigenvalue weighted by Crippen LogP contribution is -2.34. The summed E-state index contributed by atoms with van der Waals surface area (Å²) in [6, 6.07) is 8.68. The van der Waals surface area contributed by atoms with Gasteiger partial charge in [0.1, 0.15) is 0 Å². The average Bonchev–Trinajstić information content (AvgIpc) is 2.45. The van der Waals surface area contributed by atoms with Crippen molar-refractivity contribution in [2.24, 2.45) is 0 Å². The van der Waals surface area contributed by atoms with E-state index in [1.54, 1.807) is 0 Å². The molecule has 0 unspecified atom stereocenters. The van der Waals surface area contributed by atoms with Crippen molar-refractivity contribution < 1.29 is 9.90 Å². The number of aliphatic hydroxyl groups excluding tert-OH is 1. The van der Waals surface area contributed by atoms with Crippen LogP contribution < -0.4 is 5.32 Å². The van der Waals surface area contributed by atoms with E-state index in [2.05, 4.69) is 36.5 Å². The summed E-state index contributed by atoms with van der Waals surface area (Å²) in [5.41, 5.74) is 2.62. The number of hydrogen-bond donors (Lipinski definition) is 2. The quantitative estimate of drug-likeness (QED) is 0.682. The van der Waals surface area contributed by atoms with Gasteiger partial charge < -0.3 is 10.4 Å². The van der Waals surface area contributed by atoms with Crippen LogP contribution in [0.4, 0.5) is 0 Å². The minimum absolute atomic E-state index is 0.106. The first-order valence-electron chi connectivity index (χ1n) is 7.61. The van der Waals surface area contributed by atoms with Crippen LogP contribution in [0.2, 0.25) is 0 Å². The standard InChI is InChI=1S/C17H27NO2/c1-3-16(12-13-19)18-17(20)7-5-4-6-15-10-8-14(2)9-11-15/h8-11,16,19H,3-7,12-13H2,1-2H3,(H,18,20)/t16-/m0/s1. The number of carbonyl (C=O) groups excluding carboxylic acids is 1. The normalized spacial score (nSPS) is 12.2. The van der Waals surface area contributed by atoms with Crippen LogP contribution in [0.15, 0.2) is 24.3 Å². The molecule has 0 aliphatic carbocycles. The van der Waals surface area contributed by atoms with E-state index in [0.717, 1.165) is 25.7 Å². The molecular formula is C17H27NO2. The summed E-state index contributed by atoms with van der Waals surface area (Å²) >= 11 is 0. The van der Waals surface area contributed by atoms with Crippen LogP contribution >= 0.6 is 0 Å². The minimum Gasteiger partial charge on any atom is -0.396 e. The number of aliphatic hydroxyl groups is 1. The summed E-state index contributed by atoms with van der Waals surface area (Å²) in [4.78, 5) is 11.8. The van der Waals surface area contributed by atoms with Gasteiger partial charge in [0.25, 0.3) is 0 Å². The summed E-state index contributed by atoms with van der Waals surface area (Å²) in [5, 5.41) is 11.9. The predicted octanol–water partition coefficient (Wildman–Crippen LogP) is 2.99. The number of nitrogens with one attached hydrogen (secondary N) is 1. The zero-order valence-corrected chi connectivity index (χ0v) is 12.7. The smallest absolute Gasteiger partial charge is 0.220 e. The number of unbranched alkanes of at least 4 members (excludes halogenated alkanes) is 1. The molecule has 0 spiro atoms. The van der Waals surface area contributed by atoms with Crippen molar-refractivity contribution in [2.45, 2.75) is 58.4 Å². The summed E-state index contributed by atoms with van der Waals surface area (Å²) < 4.78 is 0. The number of carbonyl (C=O) groups is 1. The molecule has 0 radical (unpaired) electrons. The molecule has 0 fully saturated rings. The Labute approximate surface area is 122 Å². The van der Waals surface area contributed by atoms with Crippen LogP contribution in [0.3, 0.4) is 0 Å². The Kier molecular flexibility index (Phi) is 7.97. The maximum Gasteiger partial charge on any atom is 0.220 e. The molecule has 0 aliphatic rings. The van der Waals surface area contributed by atoms with E-state index in [0.29, 0.717) is 12.8 Å². The Morgan fingerprint density at radius 3 is 2.55 bits per heavy atom. The van der Waals surface area contributed by atoms with Gasteiger partial charge in [-0.2, -0.15) is 0 Å². The molecule has 1 aromatic rings. The highest BCUT2D eigenvalue weighted by Crippen LogP contribution is 2.08. The first kappa shape index (κ1) is 16.7. The Bertz CT molecular complexity index is 386. The Morgan fingerprint density at radius 2 is 1.95 bits per heavy atom. The minimum atomic E-state index is 0.106. The molecule has 1 aromatic carbocycles. The second-order valence-electron chi connectivity index (χ2n) is 5.38. The second kappa shape index (κ2) is 9.54. The summed E-state index contributed by atoms with van der Waals surface area (Å²) in [7, 11) is 0. The molecule has 0 aliphatic heterocycles. The lowest BCUT2D eigenvalue weighted by molar-refractivity contribution is -0.122. The second-order valence-corrected chi connectivity index (χ2v) is 5.38. The van der Waals surface area contributed by atoms with Crippen LogP contribution in [0.5, 0.6) is 0 Å². The van der Waals surface area contributed by atoms with Gasteiger partial charge >= 0.3 is 0 Å². The zero-order valence-electron chi connectivity index (χ0n) is 12.7. The largest absolute Gasteiger partial charge is 0.396 e. The average molecular weight is 277 g/mol. The number of aryl methyl sites for hydroxylation is 2. The first-order valence-corrected chi connectivity index (χ1v) is 7.61. The van der Waals surface area contributed by atoms with Gasteiger partial charge in [0.15, 0.2) is 0 Å². The highest BCUT2D eigenvalue weighted by Gasteiger charge is 2.09. The van der Waals surface area contributed by atoms with Crippen molar-refractivity contribution >= 4 is 5.91 Å². The fourth-order valence-electron chi connectivity index (χ4n) is 2.20. The van der Waals surface area contributed by atoms with Gasteiger partial charge in [-0.05, 0) is 44.6 Å². The predicted molar refractivity (Wildman–Crippen MR) is 82.7 cm³/mol. The Morgan fingerprint density at radius 1 is 1.25 bits per heavy atom. The van der Waals surface area contributed by atoms with Gasteiger partial charge in [0, 0.05) is 19.1 Å². The fourth-order valence-corrected chi connectivity index (χ4v) is 2.20. The van der Waals surface area contributed by atoms with Crippen molar-refractivity contribution in [1.29, 1.82) is 0 Å². The van der Waals surface area contributed by atoms with Gasteiger partial charge in [0.05, 0.1) is 0 Å². The van der Waals surface area contributed by atoms with Crippen LogP contribution in [0.1, 0.15) is 50.2 Å². The van der Waals surface area contributed by atoms with Crippen LogP contribution in [-0.4, -0.2) is 23.7 Å². The molecule has 3 heteroatoms. The third-order valence-electron chi connectivity index (χ3n) is 3.58. The van der Waals surface area contributed by atoms with Crippen molar-refractivity contribution in [1.82, 2.24) is 5.32 Å². The van der Waals surface area contributed by atoms with Crippen LogP contribution in [0, 0.1) is 6.92 Å². The van der Waals surface area contributed by atoms with E-state index >= 15 is 0 Å². The van der Waals surface area contributed by atoms with Gasteiger partial charge in [-0.15, -0.1) is 0 Å². The summed E-state index contributed by atoms with van der Waals surface area (Å²) in [6.45, 7) is 4.24. The van der Waals surface area contributed by atoms with Crippen LogP contribution in [0.25, 0.3) is 0 Å². The molecular weight excluding hydrogens is 250 g/mol.